The molecule has 2 rings (SSSR count). The van der Waals surface area contributed by atoms with Crippen molar-refractivity contribution in [2.45, 2.75) is 44.7 Å². The number of carbonyl (C=O) groups excluding carboxylic acids is 1. The average molecular weight is 255 g/mol. The Balaban J connectivity index is 2.05. The fourth-order valence-electron chi connectivity index (χ4n) is 2.77. The van der Waals surface area contributed by atoms with Crippen LogP contribution in [0.2, 0.25) is 0 Å². The predicted molar refractivity (Wildman–Crippen MR) is 69.3 cm³/mol. The van der Waals surface area contributed by atoms with Crippen molar-refractivity contribution in [1.29, 1.82) is 0 Å². The molecule has 0 aromatic heterocycles. The summed E-state index contributed by atoms with van der Waals surface area (Å²) >= 11 is 0. The maximum Gasteiger partial charge on any atom is 0.323 e. The second-order valence-corrected chi connectivity index (χ2v) is 5.61. The number of hydrogen-bond donors (Lipinski definition) is 0. The number of nitrogens with zero attached hydrogens (tertiary/aromatic N) is 1. The Morgan fingerprint density at radius 1 is 1.22 bits per heavy atom. The van der Waals surface area contributed by atoms with Gasteiger partial charge in [0, 0.05) is 19.7 Å². The van der Waals surface area contributed by atoms with E-state index < -0.39 is 0 Å². The van der Waals surface area contributed by atoms with Crippen LogP contribution < -0.4 is 0 Å². The Labute approximate surface area is 110 Å². The smallest absolute Gasteiger partial charge is 0.323 e. The average Bonchev–Trinajstić information content (AvgIpc) is 3.24. The molecular formula is C14H25NO3. The number of carbonyl (C=O) groups is 1. The lowest BCUT2D eigenvalue weighted by Gasteiger charge is -2.35. The zero-order chi connectivity index (χ0) is 13.1. The third-order valence-corrected chi connectivity index (χ3v) is 4.25. The third-order valence-electron chi connectivity index (χ3n) is 4.25. The van der Waals surface area contributed by atoms with Crippen LogP contribution in [-0.2, 0) is 14.3 Å². The summed E-state index contributed by atoms with van der Waals surface area (Å²) in [7, 11) is 3.21. The van der Waals surface area contributed by atoms with E-state index in [1.54, 1.807) is 7.11 Å². The minimum atomic E-state index is -0.0684. The molecule has 0 aromatic rings. The van der Waals surface area contributed by atoms with Gasteiger partial charge in [-0.2, -0.15) is 0 Å². The minimum absolute atomic E-state index is 0.0549. The van der Waals surface area contributed by atoms with Crippen LogP contribution in [-0.4, -0.2) is 50.3 Å². The van der Waals surface area contributed by atoms with Gasteiger partial charge in [-0.15, -0.1) is 0 Å². The van der Waals surface area contributed by atoms with Gasteiger partial charge in [0.2, 0.25) is 0 Å². The molecule has 0 saturated heterocycles. The summed E-state index contributed by atoms with van der Waals surface area (Å²) in [6.45, 7) is 3.74. The molecule has 104 valence electrons. The Morgan fingerprint density at radius 3 is 2.28 bits per heavy atom. The van der Waals surface area contributed by atoms with Gasteiger partial charge in [0.05, 0.1) is 13.7 Å². The van der Waals surface area contributed by atoms with Gasteiger partial charge in [-0.25, -0.2) is 0 Å². The van der Waals surface area contributed by atoms with E-state index in [1.807, 2.05) is 0 Å². The molecule has 0 amide bonds. The standard InChI is InChI=1S/C14H25NO3/c1-10(11-4-5-11)15(8-9-17-2)13(12-6-7-12)14(16)18-3/h10-13H,4-9H2,1-3H3. The van der Waals surface area contributed by atoms with Crippen LogP contribution in [0, 0.1) is 11.8 Å². The molecule has 2 aliphatic rings. The van der Waals surface area contributed by atoms with Crippen molar-refractivity contribution < 1.29 is 14.3 Å². The zero-order valence-electron chi connectivity index (χ0n) is 11.7. The monoisotopic (exact) mass is 255 g/mol. The normalized spacial score (nSPS) is 22.9. The third kappa shape index (κ3) is 3.23. The topological polar surface area (TPSA) is 38.8 Å². The lowest BCUT2D eigenvalue weighted by molar-refractivity contribution is -0.149. The summed E-state index contributed by atoms with van der Waals surface area (Å²) in [5.41, 5.74) is 0. The van der Waals surface area contributed by atoms with Crippen LogP contribution in [0.4, 0.5) is 0 Å². The van der Waals surface area contributed by atoms with Crippen LogP contribution in [0.5, 0.6) is 0 Å². The summed E-state index contributed by atoms with van der Waals surface area (Å²) in [6.07, 6.45) is 4.90. The van der Waals surface area contributed by atoms with Crippen LogP contribution in [0.15, 0.2) is 0 Å². The number of rotatable bonds is 8. The van der Waals surface area contributed by atoms with Gasteiger partial charge < -0.3 is 9.47 Å². The molecule has 4 nitrogen and oxygen atoms in total. The molecular weight excluding hydrogens is 230 g/mol. The summed E-state index contributed by atoms with van der Waals surface area (Å²) in [5, 5.41) is 0. The highest BCUT2D eigenvalue weighted by molar-refractivity contribution is 5.76. The van der Waals surface area contributed by atoms with Gasteiger partial charge in [0.25, 0.3) is 0 Å². The molecule has 4 heteroatoms. The van der Waals surface area contributed by atoms with E-state index >= 15 is 0 Å². The van der Waals surface area contributed by atoms with Crippen molar-refractivity contribution in [2.24, 2.45) is 11.8 Å². The maximum absolute atomic E-state index is 12.0. The highest BCUT2D eigenvalue weighted by Crippen LogP contribution is 2.41. The van der Waals surface area contributed by atoms with Crippen LogP contribution in [0.1, 0.15) is 32.6 Å². The molecule has 18 heavy (non-hydrogen) atoms. The lowest BCUT2D eigenvalue weighted by atomic mass is 10.1. The largest absolute Gasteiger partial charge is 0.468 e. The van der Waals surface area contributed by atoms with Crippen molar-refractivity contribution >= 4 is 5.97 Å². The highest BCUT2D eigenvalue weighted by atomic mass is 16.5. The minimum Gasteiger partial charge on any atom is -0.468 e. The van der Waals surface area contributed by atoms with E-state index in [0.717, 1.165) is 25.3 Å². The maximum atomic E-state index is 12.0. The van der Waals surface area contributed by atoms with Gasteiger partial charge >= 0.3 is 5.97 Å². The van der Waals surface area contributed by atoms with E-state index in [1.165, 1.54) is 20.0 Å². The van der Waals surface area contributed by atoms with Crippen molar-refractivity contribution in [3.8, 4) is 0 Å². The first-order valence-electron chi connectivity index (χ1n) is 7.01. The van der Waals surface area contributed by atoms with E-state index in [9.17, 15) is 4.79 Å². The number of methoxy groups -OCH3 is 2. The summed E-state index contributed by atoms with van der Waals surface area (Å²) in [4.78, 5) is 14.4. The van der Waals surface area contributed by atoms with Gasteiger partial charge in [-0.05, 0) is 44.4 Å². The van der Waals surface area contributed by atoms with Crippen molar-refractivity contribution in [2.75, 3.05) is 27.4 Å². The molecule has 2 saturated carbocycles. The predicted octanol–water partition coefficient (Wildman–Crippen LogP) is 1.68. The summed E-state index contributed by atoms with van der Waals surface area (Å²) in [6, 6.07) is 0.408. The number of hydrogen-bond acceptors (Lipinski definition) is 4. The molecule has 0 aliphatic heterocycles. The first-order valence-corrected chi connectivity index (χ1v) is 7.01. The Hall–Kier alpha value is -0.610. The molecule has 2 unspecified atom stereocenters. The Bertz CT molecular complexity index is 287. The molecule has 2 fully saturated rings. The first-order chi connectivity index (χ1) is 8.69. The summed E-state index contributed by atoms with van der Waals surface area (Å²) < 4.78 is 10.2. The quantitative estimate of drug-likeness (QED) is 0.619. The fraction of sp³-hybridized carbons (Fsp3) is 0.929. The van der Waals surface area contributed by atoms with Crippen molar-refractivity contribution in [3.05, 3.63) is 0 Å². The van der Waals surface area contributed by atoms with Crippen LogP contribution in [0.25, 0.3) is 0 Å². The Kier molecular flexibility index (Phi) is 4.62. The van der Waals surface area contributed by atoms with Gasteiger partial charge in [-0.1, -0.05) is 0 Å². The molecule has 0 aromatic carbocycles. The van der Waals surface area contributed by atoms with E-state index in [-0.39, 0.29) is 12.0 Å². The van der Waals surface area contributed by atoms with Gasteiger partial charge in [0.1, 0.15) is 6.04 Å². The van der Waals surface area contributed by atoms with Gasteiger partial charge in [0.15, 0.2) is 0 Å². The zero-order valence-corrected chi connectivity index (χ0v) is 11.7. The molecule has 0 radical (unpaired) electrons. The fourth-order valence-corrected chi connectivity index (χ4v) is 2.77. The van der Waals surface area contributed by atoms with Crippen molar-refractivity contribution in [3.63, 3.8) is 0 Å². The van der Waals surface area contributed by atoms with E-state index in [2.05, 4.69) is 11.8 Å². The van der Waals surface area contributed by atoms with E-state index in [4.69, 9.17) is 9.47 Å². The SMILES string of the molecule is COCCN(C(C)C1CC1)C(C(=O)OC)C1CC1. The highest BCUT2D eigenvalue weighted by Gasteiger charge is 2.45. The first kappa shape index (κ1) is 13.8. The van der Waals surface area contributed by atoms with Crippen molar-refractivity contribution in [1.82, 2.24) is 4.90 Å². The molecule has 0 heterocycles. The molecule has 0 spiro atoms. The van der Waals surface area contributed by atoms with E-state index in [0.29, 0.717) is 18.6 Å². The second-order valence-electron chi connectivity index (χ2n) is 5.61. The lowest BCUT2D eigenvalue weighted by Crippen LogP contribution is -2.50. The summed E-state index contributed by atoms with van der Waals surface area (Å²) in [5.74, 6) is 1.18. The Morgan fingerprint density at radius 2 is 1.83 bits per heavy atom. The second kappa shape index (κ2) is 6.02. The number of ether oxygens (including phenoxy) is 2. The molecule has 0 N–H and O–H groups in total. The molecule has 0 bridgehead atoms. The van der Waals surface area contributed by atoms with Crippen LogP contribution >= 0.6 is 0 Å². The van der Waals surface area contributed by atoms with Crippen LogP contribution in [0.3, 0.4) is 0 Å². The molecule has 2 aliphatic carbocycles. The van der Waals surface area contributed by atoms with Gasteiger partial charge in [-0.3, -0.25) is 9.69 Å². The number of esters is 1. The molecule has 2 atom stereocenters.